The van der Waals surface area contributed by atoms with Crippen molar-refractivity contribution in [3.63, 3.8) is 0 Å². The lowest BCUT2D eigenvalue weighted by Crippen LogP contribution is -2.30. The summed E-state index contributed by atoms with van der Waals surface area (Å²) in [4.78, 5) is 3.95. The van der Waals surface area contributed by atoms with E-state index in [1.54, 1.807) is 16.9 Å². The molecule has 0 unspecified atom stereocenters. The van der Waals surface area contributed by atoms with E-state index in [-0.39, 0.29) is 0 Å². The highest BCUT2D eigenvalue weighted by molar-refractivity contribution is 6.58. The highest BCUT2D eigenvalue weighted by Crippen LogP contribution is 2.25. The number of hydrogen-bond acceptors (Lipinski definition) is 5. The fourth-order valence-corrected chi connectivity index (χ4v) is 1.61. The molecule has 0 fully saturated rings. The topological polar surface area (TPSA) is 97.2 Å². The molecular formula is C10H13BN4O2. The van der Waals surface area contributed by atoms with Gasteiger partial charge in [0.2, 0.25) is 0 Å². The van der Waals surface area contributed by atoms with Crippen LogP contribution in [0.5, 0.6) is 0 Å². The Hall–Kier alpha value is -1.86. The summed E-state index contributed by atoms with van der Waals surface area (Å²) in [5.74, 6) is 0.338. The van der Waals surface area contributed by atoms with Gasteiger partial charge in [0, 0.05) is 35.5 Å². The van der Waals surface area contributed by atoms with Crippen LogP contribution in [0.15, 0.2) is 18.5 Å². The van der Waals surface area contributed by atoms with Crippen molar-refractivity contribution in [1.29, 1.82) is 0 Å². The molecule has 0 aromatic carbocycles. The Morgan fingerprint density at radius 3 is 2.53 bits per heavy atom. The first-order valence-corrected chi connectivity index (χ1v) is 5.11. The molecule has 0 spiro atoms. The lowest BCUT2D eigenvalue weighted by Gasteiger charge is -2.07. The predicted molar refractivity (Wildman–Crippen MR) is 65.4 cm³/mol. The van der Waals surface area contributed by atoms with Gasteiger partial charge in [-0.25, -0.2) is 4.98 Å². The molecule has 0 aliphatic heterocycles. The van der Waals surface area contributed by atoms with Crippen LogP contribution in [0.1, 0.15) is 5.69 Å². The summed E-state index contributed by atoms with van der Waals surface area (Å²) in [7, 11) is 0.270. The quantitative estimate of drug-likeness (QED) is 0.580. The van der Waals surface area contributed by atoms with Crippen LogP contribution in [0.2, 0.25) is 0 Å². The zero-order valence-electron chi connectivity index (χ0n) is 9.62. The third-order valence-corrected chi connectivity index (χ3v) is 2.76. The highest BCUT2D eigenvalue weighted by Gasteiger charge is 2.16. The Labute approximate surface area is 98.9 Å². The van der Waals surface area contributed by atoms with E-state index in [9.17, 15) is 0 Å². The molecule has 6 nitrogen and oxygen atoms in total. The van der Waals surface area contributed by atoms with Crippen LogP contribution >= 0.6 is 0 Å². The van der Waals surface area contributed by atoms with Crippen molar-refractivity contribution in [3.05, 3.63) is 24.2 Å². The molecule has 0 saturated carbocycles. The molecule has 2 rings (SSSR count). The van der Waals surface area contributed by atoms with Gasteiger partial charge < -0.3 is 15.8 Å². The van der Waals surface area contributed by atoms with E-state index in [1.165, 1.54) is 6.20 Å². The number of aromatic nitrogens is 3. The minimum atomic E-state index is -1.56. The van der Waals surface area contributed by atoms with Crippen molar-refractivity contribution >= 4 is 18.4 Å². The number of rotatable bonds is 2. The summed E-state index contributed by atoms with van der Waals surface area (Å²) < 4.78 is 1.72. The van der Waals surface area contributed by atoms with Gasteiger partial charge in [0.15, 0.2) is 0 Å². The normalized spacial score (nSPS) is 10.6. The monoisotopic (exact) mass is 232 g/mol. The van der Waals surface area contributed by atoms with Crippen LogP contribution in [0, 0.1) is 6.92 Å². The molecule has 2 aromatic rings. The Bertz CT molecular complexity index is 553. The maximum atomic E-state index is 9.11. The SMILES string of the molecule is Cc1c(-c2cc(B(O)O)cnc2N)cnn1C. The van der Waals surface area contributed by atoms with Gasteiger partial charge in [0.05, 0.1) is 6.20 Å². The molecule has 88 valence electrons. The minimum Gasteiger partial charge on any atom is -0.423 e. The van der Waals surface area contributed by atoms with Crippen molar-refractivity contribution in [3.8, 4) is 11.1 Å². The van der Waals surface area contributed by atoms with E-state index >= 15 is 0 Å². The van der Waals surface area contributed by atoms with E-state index in [0.717, 1.165) is 11.3 Å². The number of nitrogen functional groups attached to an aromatic ring is 1. The van der Waals surface area contributed by atoms with E-state index in [4.69, 9.17) is 15.8 Å². The van der Waals surface area contributed by atoms with Crippen LogP contribution < -0.4 is 11.2 Å². The second-order valence-electron chi connectivity index (χ2n) is 3.84. The summed E-state index contributed by atoms with van der Waals surface area (Å²) in [6.07, 6.45) is 3.02. The summed E-state index contributed by atoms with van der Waals surface area (Å²) in [5.41, 5.74) is 8.51. The van der Waals surface area contributed by atoms with Gasteiger partial charge in [-0.1, -0.05) is 0 Å². The van der Waals surface area contributed by atoms with Crippen LogP contribution in [0.4, 0.5) is 5.82 Å². The Morgan fingerprint density at radius 2 is 2.00 bits per heavy atom. The van der Waals surface area contributed by atoms with Crippen LogP contribution in [-0.4, -0.2) is 31.9 Å². The maximum Gasteiger partial charge on any atom is 0.490 e. The first-order chi connectivity index (χ1) is 8.00. The number of anilines is 1. The van der Waals surface area contributed by atoms with E-state index in [1.807, 2.05) is 14.0 Å². The smallest absolute Gasteiger partial charge is 0.423 e. The number of nitrogens with zero attached hydrogens (tertiary/aromatic N) is 3. The van der Waals surface area contributed by atoms with Crippen molar-refractivity contribution < 1.29 is 10.0 Å². The average Bonchev–Trinajstić information content (AvgIpc) is 2.60. The largest absolute Gasteiger partial charge is 0.490 e. The minimum absolute atomic E-state index is 0.303. The number of aryl methyl sites for hydroxylation is 1. The first-order valence-electron chi connectivity index (χ1n) is 5.11. The van der Waals surface area contributed by atoms with Gasteiger partial charge in [0.25, 0.3) is 0 Å². The van der Waals surface area contributed by atoms with Gasteiger partial charge in [0.1, 0.15) is 5.82 Å². The summed E-state index contributed by atoms with van der Waals surface area (Å²) in [6.45, 7) is 1.91. The lowest BCUT2D eigenvalue weighted by molar-refractivity contribution is 0.425. The molecule has 4 N–H and O–H groups in total. The summed E-state index contributed by atoms with van der Waals surface area (Å²) in [5, 5.41) is 22.3. The van der Waals surface area contributed by atoms with E-state index in [0.29, 0.717) is 16.8 Å². The van der Waals surface area contributed by atoms with Crippen molar-refractivity contribution in [2.24, 2.45) is 7.05 Å². The first kappa shape index (κ1) is 11.6. The molecule has 0 atom stereocenters. The molecule has 17 heavy (non-hydrogen) atoms. The predicted octanol–water partition coefficient (Wildman–Crippen LogP) is -0.947. The zero-order chi connectivity index (χ0) is 12.6. The Kier molecular flexibility index (Phi) is 2.87. The third-order valence-electron chi connectivity index (χ3n) is 2.76. The third kappa shape index (κ3) is 2.02. The molecule has 0 aliphatic rings. The van der Waals surface area contributed by atoms with Gasteiger partial charge in [-0.15, -0.1) is 0 Å². The van der Waals surface area contributed by atoms with Gasteiger partial charge in [-0.05, 0) is 13.0 Å². The molecular weight excluding hydrogens is 219 g/mol. The summed E-state index contributed by atoms with van der Waals surface area (Å²) >= 11 is 0. The van der Waals surface area contributed by atoms with E-state index in [2.05, 4.69) is 10.1 Å². The second kappa shape index (κ2) is 4.19. The standard InChI is InChI=1S/C10H13BN4O2/c1-6-9(5-14-15(6)2)8-3-7(11(16)17)4-13-10(8)12/h3-5,16-17H,1-2H3,(H2,12,13). The van der Waals surface area contributed by atoms with Gasteiger partial charge in [-0.2, -0.15) is 5.10 Å². The fraction of sp³-hybridized carbons (Fsp3) is 0.200. The van der Waals surface area contributed by atoms with Crippen LogP contribution in [0.25, 0.3) is 11.1 Å². The fourth-order valence-electron chi connectivity index (χ4n) is 1.61. The van der Waals surface area contributed by atoms with Crippen molar-refractivity contribution in [2.45, 2.75) is 6.92 Å². The zero-order valence-corrected chi connectivity index (χ0v) is 9.62. The molecule has 7 heteroatoms. The lowest BCUT2D eigenvalue weighted by atomic mass is 9.80. The Balaban J connectivity index is 2.58. The number of nitrogens with two attached hydrogens (primary N) is 1. The molecule has 0 radical (unpaired) electrons. The molecule has 0 amide bonds. The number of hydrogen-bond donors (Lipinski definition) is 3. The van der Waals surface area contributed by atoms with Crippen molar-refractivity contribution in [2.75, 3.05) is 5.73 Å². The maximum absolute atomic E-state index is 9.11. The molecule has 0 bridgehead atoms. The summed E-state index contributed by atoms with van der Waals surface area (Å²) in [6, 6.07) is 1.61. The number of pyridine rings is 1. The average molecular weight is 232 g/mol. The molecule has 2 aromatic heterocycles. The van der Waals surface area contributed by atoms with Crippen LogP contribution in [-0.2, 0) is 7.05 Å². The van der Waals surface area contributed by atoms with Crippen molar-refractivity contribution in [1.82, 2.24) is 14.8 Å². The Morgan fingerprint density at radius 1 is 1.29 bits per heavy atom. The second-order valence-corrected chi connectivity index (χ2v) is 3.84. The van der Waals surface area contributed by atoms with Gasteiger partial charge in [-0.3, -0.25) is 4.68 Å². The molecule has 0 saturated heterocycles. The molecule has 0 aliphatic carbocycles. The molecule has 2 heterocycles. The van der Waals surface area contributed by atoms with Crippen LogP contribution in [0.3, 0.4) is 0 Å². The van der Waals surface area contributed by atoms with Gasteiger partial charge >= 0.3 is 7.12 Å². The highest BCUT2D eigenvalue weighted by atomic mass is 16.4. The van der Waals surface area contributed by atoms with E-state index < -0.39 is 7.12 Å².